The Balaban J connectivity index is 2.12. The molecule has 0 fully saturated rings. The standard InChI is InChI=1S/C11H8FNO3S/c12-8-3-1-7(2-4-8)9-6-17-11(13-9)16-5-10(14)15/h1-4,6H,5H2,(H,14,15). The minimum Gasteiger partial charge on any atom is -0.479 e. The summed E-state index contributed by atoms with van der Waals surface area (Å²) in [7, 11) is 0. The zero-order chi connectivity index (χ0) is 12.3. The van der Waals surface area contributed by atoms with Gasteiger partial charge in [-0.2, -0.15) is 0 Å². The Hall–Kier alpha value is -1.95. The maximum absolute atomic E-state index is 12.7. The van der Waals surface area contributed by atoms with E-state index in [1.807, 2.05) is 0 Å². The molecule has 6 heteroatoms. The topological polar surface area (TPSA) is 59.4 Å². The number of ether oxygens (including phenoxy) is 1. The summed E-state index contributed by atoms with van der Waals surface area (Å²) < 4.78 is 17.6. The highest BCUT2D eigenvalue weighted by atomic mass is 32.1. The molecule has 1 heterocycles. The largest absolute Gasteiger partial charge is 0.479 e. The van der Waals surface area contributed by atoms with E-state index in [0.717, 1.165) is 5.56 Å². The van der Waals surface area contributed by atoms with Crippen LogP contribution in [0.2, 0.25) is 0 Å². The first kappa shape index (κ1) is 11.5. The molecule has 1 N–H and O–H groups in total. The molecule has 1 aromatic heterocycles. The summed E-state index contributed by atoms with van der Waals surface area (Å²) in [6.45, 7) is -0.420. The van der Waals surface area contributed by atoms with Gasteiger partial charge in [-0.1, -0.05) is 11.3 Å². The van der Waals surface area contributed by atoms with Crippen molar-refractivity contribution in [1.29, 1.82) is 0 Å². The normalized spacial score (nSPS) is 10.2. The second-order valence-corrected chi connectivity index (χ2v) is 4.01. The van der Waals surface area contributed by atoms with Crippen LogP contribution in [-0.2, 0) is 4.79 Å². The van der Waals surface area contributed by atoms with E-state index in [0.29, 0.717) is 5.69 Å². The van der Waals surface area contributed by atoms with Crippen molar-refractivity contribution in [2.45, 2.75) is 0 Å². The fraction of sp³-hybridized carbons (Fsp3) is 0.0909. The number of rotatable bonds is 4. The number of hydrogen-bond donors (Lipinski definition) is 1. The third-order valence-corrected chi connectivity index (χ3v) is 2.69. The van der Waals surface area contributed by atoms with Crippen LogP contribution in [0, 0.1) is 5.82 Å². The molecule has 2 rings (SSSR count). The Labute approximate surface area is 100 Å². The quantitative estimate of drug-likeness (QED) is 0.909. The van der Waals surface area contributed by atoms with Gasteiger partial charge in [-0.25, -0.2) is 14.2 Å². The Kier molecular flexibility index (Phi) is 3.34. The number of carboxylic acid groups (broad SMARTS) is 1. The van der Waals surface area contributed by atoms with Crippen LogP contribution in [-0.4, -0.2) is 22.7 Å². The number of benzene rings is 1. The fourth-order valence-electron chi connectivity index (χ4n) is 1.20. The van der Waals surface area contributed by atoms with E-state index in [9.17, 15) is 9.18 Å². The van der Waals surface area contributed by atoms with Crippen molar-refractivity contribution in [2.24, 2.45) is 0 Å². The van der Waals surface area contributed by atoms with Gasteiger partial charge in [0.1, 0.15) is 5.82 Å². The second-order valence-electron chi connectivity index (χ2n) is 3.19. The number of thiazole rings is 1. The van der Waals surface area contributed by atoms with Gasteiger partial charge in [0.2, 0.25) is 0 Å². The van der Waals surface area contributed by atoms with Crippen LogP contribution in [0.4, 0.5) is 4.39 Å². The molecule has 1 aromatic carbocycles. The number of carbonyl (C=O) groups is 1. The number of nitrogens with zero attached hydrogens (tertiary/aromatic N) is 1. The molecule has 0 bridgehead atoms. The molecule has 0 amide bonds. The first-order chi connectivity index (χ1) is 8.15. The molecule has 0 aliphatic heterocycles. The molecular formula is C11H8FNO3S. The van der Waals surface area contributed by atoms with Crippen LogP contribution < -0.4 is 4.74 Å². The molecule has 0 aliphatic carbocycles. The number of hydrogen-bond acceptors (Lipinski definition) is 4. The highest BCUT2D eigenvalue weighted by molar-refractivity contribution is 7.11. The van der Waals surface area contributed by atoms with Gasteiger partial charge in [0.15, 0.2) is 6.61 Å². The molecule has 0 spiro atoms. The lowest BCUT2D eigenvalue weighted by Crippen LogP contribution is -2.09. The van der Waals surface area contributed by atoms with E-state index >= 15 is 0 Å². The Morgan fingerprint density at radius 3 is 2.76 bits per heavy atom. The van der Waals surface area contributed by atoms with Crippen molar-refractivity contribution in [3.8, 4) is 16.5 Å². The highest BCUT2D eigenvalue weighted by Gasteiger charge is 2.07. The molecule has 0 unspecified atom stereocenters. The van der Waals surface area contributed by atoms with E-state index in [1.54, 1.807) is 17.5 Å². The molecule has 0 radical (unpaired) electrons. The Bertz CT molecular complexity index is 524. The van der Waals surface area contributed by atoms with Crippen molar-refractivity contribution in [1.82, 2.24) is 4.98 Å². The lowest BCUT2D eigenvalue weighted by atomic mass is 10.2. The summed E-state index contributed by atoms with van der Waals surface area (Å²) in [6.07, 6.45) is 0. The summed E-state index contributed by atoms with van der Waals surface area (Å²) in [5.74, 6) is -1.37. The molecule has 2 aromatic rings. The molecule has 0 aliphatic rings. The molecule has 88 valence electrons. The van der Waals surface area contributed by atoms with Crippen molar-refractivity contribution >= 4 is 17.3 Å². The first-order valence-electron chi connectivity index (χ1n) is 4.71. The van der Waals surface area contributed by atoms with Gasteiger partial charge in [-0.05, 0) is 24.3 Å². The maximum Gasteiger partial charge on any atom is 0.341 e. The summed E-state index contributed by atoms with van der Waals surface area (Å²) >= 11 is 1.20. The SMILES string of the molecule is O=C(O)COc1nc(-c2ccc(F)cc2)cs1. The van der Waals surface area contributed by atoms with Crippen LogP contribution in [0.3, 0.4) is 0 Å². The maximum atomic E-state index is 12.7. The Morgan fingerprint density at radius 1 is 1.41 bits per heavy atom. The molecule has 4 nitrogen and oxygen atoms in total. The summed E-state index contributed by atoms with van der Waals surface area (Å²) in [4.78, 5) is 14.4. The molecule has 0 saturated heterocycles. The van der Waals surface area contributed by atoms with Crippen molar-refractivity contribution in [3.63, 3.8) is 0 Å². The lowest BCUT2D eigenvalue weighted by molar-refractivity contribution is -0.139. The van der Waals surface area contributed by atoms with Crippen LogP contribution in [0.1, 0.15) is 0 Å². The third-order valence-electron chi connectivity index (χ3n) is 1.94. The van der Waals surface area contributed by atoms with Crippen LogP contribution in [0.25, 0.3) is 11.3 Å². The molecular weight excluding hydrogens is 245 g/mol. The summed E-state index contributed by atoms with van der Waals surface area (Å²) in [6, 6.07) is 5.88. The Morgan fingerprint density at radius 2 is 2.12 bits per heavy atom. The summed E-state index contributed by atoms with van der Waals surface area (Å²) in [5.41, 5.74) is 1.39. The van der Waals surface area contributed by atoms with E-state index in [4.69, 9.17) is 9.84 Å². The van der Waals surface area contributed by atoms with Gasteiger partial charge in [0.05, 0.1) is 5.69 Å². The predicted molar refractivity (Wildman–Crippen MR) is 60.6 cm³/mol. The molecule has 0 saturated carbocycles. The average Bonchev–Trinajstić information content (AvgIpc) is 2.76. The smallest absolute Gasteiger partial charge is 0.341 e. The predicted octanol–water partition coefficient (Wildman–Crippen LogP) is 2.41. The highest BCUT2D eigenvalue weighted by Crippen LogP contribution is 2.26. The van der Waals surface area contributed by atoms with Crippen LogP contribution in [0.15, 0.2) is 29.6 Å². The van der Waals surface area contributed by atoms with Gasteiger partial charge in [-0.15, -0.1) is 0 Å². The third kappa shape index (κ3) is 3.01. The zero-order valence-electron chi connectivity index (χ0n) is 8.59. The van der Waals surface area contributed by atoms with E-state index < -0.39 is 12.6 Å². The van der Waals surface area contributed by atoms with Crippen LogP contribution in [0.5, 0.6) is 5.19 Å². The number of halogens is 1. The van der Waals surface area contributed by atoms with Crippen molar-refractivity contribution in [3.05, 3.63) is 35.5 Å². The van der Waals surface area contributed by atoms with Gasteiger partial charge in [0.25, 0.3) is 5.19 Å². The number of aromatic nitrogens is 1. The zero-order valence-corrected chi connectivity index (χ0v) is 9.41. The van der Waals surface area contributed by atoms with Crippen molar-refractivity contribution < 1.29 is 19.0 Å². The number of aliphatic carboxylic acids is 1. The lowest BCUT2D eigenvalue weighted by Gasteiger charge is -1.97. The van der Waals surface area contributed by atoms with E-state index in [-0.39, 0.29) is 11.0 Å². The van der Waals surface area contributed by atoms with E-state index in [2.05, 4.69) is 4.98 Å². The van der Waals surface area contributed by atoms with Gasteiger partial charge < -0.3 is 9.84 Å². The van der Waals surface area contributed by atoms with Crippen LogP contribution >= 0.6 is 11.3 Å². The monoisotopic (exact) mass is 253 g/mol. The molecule has 0 atom stereocenters. The fourth-order valence-corrected chi connectivity index (χ4v) is 1.88. The minimum atomic E-state index is -1.05. The molecule has 17 heavy (non-hydrogen) atoms. The van der Waals surface area contributed by atoms with Gasteiger partial charge >= 0.3 is 5.97 Å². The van der Waals surface area contributed by atoms with Gasteiger partial charge in [-0.3, -0.25) is 0 Å². The second kappa shape index (κ2) is 4.92. The van der Waals surface area contributed by atoms with E-state index in [1.165, 1.54) is 23.5 Å². The minimum absolute atomic E-state index is 0.284. The first-order valence-corrected chi connectivity index (χ1v) is 5.59. The summed E-state index contributed by atoms with van der Waals surface area (Å²) in [5, 5.41) is 10.4. The number of carboxylic acids is 1. The van der Waals surface area contributed by atoms with Gasteiger partial charge in [0, 0.05) is 10.9 Å². The average molecular weight is 253 g/mol. The van der Waals surface area contributed by atoms with Crippen molar-refractivity contribution in [2.75, 3.05) is 6.61 Å².